The van der Waals surface area contributed by atoms with Crippen molar-refractivity contribution in [1.29, 1.82) is 0 Å². The fourth-order valence-electron chi connectivity index (χ4n) is 1.43. The van der Waals surface area contributed by atoms with Crippen LogP contribution in [0, 0.1) is 0 Å². The topological polar surface area (TPSA) is 42.2 Å². The summed E-state index contributed by atoms with van der Waals surface area (Å²) in [4.78, 5) is 17.1. The Labute approximate surface area is 82.5 Å². The summed E-state index contributed by atoms with van der Waals surface area (Å²) in [7, 11) is 1.42. The van der Waals surface area contributed by atoms with Crippen LogP contribution in [0.2, 0.25) is 0 Å². The smallest absolute Gasteiger partial charge is 0.324 e. The van der Waals surface area contributed by atoms with Gasteiger partial charge in [0.1, 0.15) is 6.04 Å². The third-order valence-corrected chi connectivity index (χ3v) is 2.32. The highest BCUT2D eigenvalue weighted by molar-refractivity contribution is 5.78. The predicted molar refractivity (Wildman–Crippen MR) is 50.5 cm³/mol. The van der Waals surface area contributed by atoms with Crippen molar-refractivity contribution in [2.45, 2.75) is 12.6 Å². The predicted octanol–water partition coefficient (Wildman–Crippen LogP) is 0.439. The van der Waals surface area contributed by atoms with Gasteiger partial charge < -0.3 is 4.74 Å². The minimum atomic E-state index is -0.140. The number of rotatable bonds is 3. The van der Waals surface area contributed by atoms with Crippen molar-refractivity contribution in [3.63, 3.8) is 0 Å². The Morgan fingerprint density at radius 2 is 2.36 bits per heavy atom. The fraction of sp³-hybridized carbons (Fsp3) is 0.400. The summed E-state index contributed by atoms with van der Waals surface area (Å²) in [5.41, 5.74) is 1.17. The molecule has 1 aliphatic rings. The molecule has 4 heteroatoms. The molecular formula is C10H12N2O2. The SMILES string of the molecule is COC(=O)C1CN1Cc1ccncc1. The lowest BCUT2D eigenvalue weighted by atomic mass is 10.3. The van der Waals surface area contributed by atoms with Gasteiger partial charge >= 0.3 is 5.97 Å². The van der Waals surface area contributed by atoms with Gasteiger partial charge in [-0.2, -0.15) is 0 Å². The van der Waals surface area contributed by atoms with Gasteiger partial charge in [0.25, 0.3) is 0 Å². The molecule has 0 amide bonds. The molecule has 0 aromatic carbocycles. The molecule has 1 aromatic rings. The van der Waals surface area contributed by atoms with E-state index in [2.05, 4.69) is 14.6 Å². The van der Waals surface area contributed by atoms with Crippen LogP contribution in [0.5, 0.6) is 0 Å². The van der Waals surface area contributed by atoms with E-state index in [-0.39, 0.29) is 12.0 Å². The average Bonchev–Trinajstić information content (AvgIpc) is 2.98. The molecule has 1 aliphatic heterocycles. The van der Waals surface area contributed by atoms with Crippen LogP contribution in [0.4, 0.5) is 0 Å². The van der Waals surface area contributed by atoms with Gasteiger partial charge in [-0.25, -0.2) is 0 Å². The van der Waals surface area contributed by atoms with E-state index >= 15 is 0 Å². The van der Waals surface area contributed by atoms with Gasteiger partial charge in [0.2, 0.25) is 0 Å². The standard InChI is InChI=1S/C10H12N2O2/c1-14-10(13)9-7-12(9)6-8-2-4-11-5-3-8/h2-5,9H,6-7H2,1H3. The Morgan fingerprint density at radius 3 is 3.00 bits per heavy atom. The second-order valence-corrected chi connectivity index (χ2v) is 3.32. The molecule has 14 heavy (non-hydrogen) atoms. The van der Waals surface area contributed by atoms with Crippen molar-refractivity contribution in [2.24, 2.45) is 0 Å². The number of pyridine rings is 1. The molecule has 1 fully saturated rings. The van der Waals surface area contributed by atoms with Gasteiger partial charge in [-0.15, -0.1) is 0 Å². The van der Waals surface area contributed by atoms with Gasteiger partial charge in [-0.05, 0) is 17.7 Å². The zero-order valence-corrected chi connectivity index (χ0v) is 8.01. The lowest BCUT2D eigenvalue weighted by Crippen LogP contribution is -2.14. The maximum Gasteiger partial charge on any atom is 0.324 e. The third kappa shape index (κ3) is 1.90. The van der Waals surface area contributed by atoms with E-state index in [0.29, 0.717) is 0 Å². The second-order valence-electron chi connectivity index (χ2n) is 3.32. The highest BCUT2D eigenvalue weighted by atomic mass is 16.5. The number of hydrogen-bond acceptors (Lipinski definition) is 4. The summed E-state index contributed by atoms with van der Waals surface area (Å²) in [5, 5.41) is 0. The first kappa shape index (κ1) is 9.15. The van der Waals surface area contributed by atoms with E-state index in [1.165, 1.54) is 12.7 Å². The molecule has 1 aromatic heterocycles. The maximum absolute atomic E-state index is 11.1. The summed E-state index contributed by atoms with van der Waals surface area (Å²) in [6, 6.07) is 3.87. The van der Waals surface area contributed by atoms with Crippen LogP contribution in [0.3, 0.4) is 0 Å². The Balaban J connectivity index is 1.88. The number of hydrogen-bond donors (Lipinski definition) is 0. The molecule has 0 spiro atoms. The van der Waals surface area contributed by atoms with Gasteiger partial charge in [-0.3, -0.25) is 14.7 Å². The van der Waals surface area contributed by atoms with E-state index in [4.69, 9.17) is 0 Å². The molecule has 2 unspecified atom stereocenters. The molecular weight excluding hydrogens is 180 g/mol. The summed E-state index contributed by atoms with van der Waals surface area (Å²) in [6.45, 7) is 1.59. The normalized spacial score (nSPS) is 24.4. The Kier molecular flexibility index (Phi) is 2.45. The summed E-state index contributed by atoms with van der Waals surface area (Å²) in [6.07, 6.45) is 3.51. The molecule has 2 rings (SSSR count). The fourth-order valence-corrected chi connectivity index (χ4v) is 1.43. The van der Waals surface area contributed by atoms with Crippen LogP contribution in [0.15, 0.2) is 24.5 Å². The van der Waals surface area contributed by atoms with Crippen LogP contribution in [0.25, 0.3) is 0 Å². The Hall–Kier alpha value is -1.42. The first-order valence-corrected chi connectivity index (χ1v) is 4.52. The molecule has 0 N–H and O–H groups in total. The Bertz CT molecular complexity index is 326. The second kappa shape index (κ2) is 3.75. The van der Waals surface area contributed by atoms with Gasteiger partial charge in [-0.1, -0.05) is 0 Å². The van der Waals surface area contributed by atoms with Crippen molar-refractivity contribution < 1.29 is 9.53 Å². The monoisotopic (exact) mass is 192 g/mol. The molecule has 0 bridgehead atoms. The summed E-state index contributed by atoms with van der Waals surface area (Å²) < 4.78 is 4.65. The summed E-state index contributed by atoms with van der Waals surface area (Å²) >= 11 is 0. The highest BCUT2D eigenvalue weighted by Crippen LogP contribution is 2.21. The lowest BCUT2D eigenvalue weighted by Gasteiger charge is -2.02. The van der Waals surface area contributed by atoms with Crippen molar-refractivity contribution in [3.8, 4) is 0 Å². The number of esters is 1. The van der Waals surface area contributed by atoms with Crippen LogP contribution < -0.4 is 0 Å². The lowest BCUT2D eigenvalue weighted by molar-refractivity contribution is -0.140. The van der Waals surface area contributed by atoms with Gasteiger partial charge in [0.05, 0.1) is 7.11 Å². The third-order valence-electron chi connectivity index (χ3n) is 2.32. The molecule has 1 saturated heterocycles. The van der Waals surface area contributed by atoms with Crippen LogP contribution in [-0.4, -0.2) is 35.5 Å². The number of nitrogens with zero attached hydrogens (tertiary/aromatic N) is 2. The Morgan fingerprint density at radius 1 is 1.64 bits per heavy atom. The van der Waals surface area contributed by atoms with E-state index in [1.54, 1.807) is 12.4 Å². The molecule has 2 heterocycles. The highest BCUT2D eigenvalue weighted by Gasteiger charge is 2.40. The first-order chi connectivity index (χ1) is 6.81. The quantitative estimate of drug-likeness (QED) is 0.514. The van der Waals surface area contributed by atoms with Crippen molar-refractivity contribution in [1.82, 2.24) is 9.88 Å². The number of ether oxygens (including phenoxy) is 1. The molecule has 0 aliphatic carbocycles. The minimum Gasteiger partial charge on any atom is -0.468 e. The molecule has 4 nitrogen and oxygen atoms in total. The number of methoxy groups -OCH3 is 1. The van der Waals surface area contributed by atoms with Gasteiger partial charge in [0, 0.05) is 25.5 Å². The zero-order chi connectivity index (χ0) is 9.97. The maximum atomic E-state index is 11.1. The van der Waals surface area contributed by atoms with E-state index < -0.39 is 0 Å². The first-order valence-electron chi connectivity index (χ1n) is 4.52. The zero-order valence-electron chi connectivity index (χ0n) is 8.01. The van der Waals surface area contributed by atoms with Crippen molar-refractivity contribution in [3.05, 3.63) is 30.1 Å². The number of carbonyl (C=O) groups is 1. The molecule has 0 radical (unpaired) electrons. The van der Waals surface area contributed by atoms with Gasteiger partial charge in [0.15, 0.2) is 0 Å². The van der Waals surface area contributed by atoms with Crippen molar-refractivity contribution >= 4 is 5.97 Å². The number of aromatic nitrogens is 1. The minimum absolute atomic E-state index is 0.0341. The summed E-state index contributed by atoms with van der Waals surface area (Å²) in [5.74, 6) is -0.140. The molecule has 0 saturated carbocycles. The largest absolute Gasteiger partial charge is 0.468 e. The average molecular weight is 192 g/mol. The van der Waals surface area contributed by atoms with Crippen LogP contribution >= 0.6 is 0 Å². The van der Waals surface area contributed by atoms with E-state index in [1.807, 2.05) is 12.1 Å². The van der Waals surface area contributed by atoms with E-state index in [9.17, 15) is 4.79 Å². The molecule has 74 valence electrons. The van der Waals surface area contributed by atoms with Crippen LogP contribution in [-0.2, 0) is 16.1 Å². The number of carbonyl (C=O) groups excluding carboxylic acids is 1. The van der Waals surface area contributed by atoms with E-state index in [0.717, 1.165) is 13.1 Å². The van der Waals surface area contributed by atoms with Crippen LogP contribution in [0.1, 0.15) is 5.56 Å². The van der Waals surface area contributed by atoms with Crippen molar-refractivity contribution in [2.75, 3.05) is 13.7 Å². The molecule has 2 atom stereocenters.